The summed E-state index contributed by atoms with van der Waals surface area (Å²) < 4.78 is 22.4. The van der Waals surface area contributed by atoms with Crippen molar-refractivity contribution >= 4 is 38.9 Å². The maximum atomic E-state index is 11.2. The number of fused-ring (bicyclic) bond motifs is 1. The number of anilines is 2. The number of hydrogen-bond acceptors (Lipinski definition) is 6. The first-order chi connectivity index (χ1) is 10.5. The van der Waals surface area contributed by atoms with Crippen LogP contribution >= 0.6 is 0 Å². The summed E-state index contributed by atoms with van der Waals surface area (Å²) in [6.07, 6.45) is 3.12. The van der Waals surface area contributed by atoms with E-state index in [4.69, 9.17) is 5.14 Å². The Hall–Kier alpha value is -2.78. The summed E-state index contributed by atoms with van der Waals surface area (Å²) in [6.45, 7) is 3.70. The first kappa shape index (κ1) is 14.2. The smallest absolute Gasteiger partial charge is 0.238 e. The number of primary sulfonamides is 1. The molecule has 0 saturated heterocycles. The number of aromatic nitrogens is 4. The van der Waals surface area contributed by atoms with Crippen molar-refractivity contribution in [3.63, 3.8) is 0 Å². The fourth-order valence-corrected chi connectivity index (χ4v) is 2.43. The lowest BCUT2D eigenvalue weighted by Gasteiger charge is -2.06. The zero-order valence-corrected chi connectivity index (χ0v) is 12.1. The molecule has 0 aliphatic heterocycles. The van der Waals surface area contributed by atoms with Gasteiger partial charge in [0, 0.05) is 5.69 Å². The molecule has 0 unspecified atom stereocenters. The second kappa shape index (κ2) is 5.20. The van der Waals surface area contributed by atoms with Crippen LogP contribution in [0.15, 0.2) is 42.1 Å². The van der Waals surface area contributed by atoms with Gasteiger partial charge in [-0.25, -0.2) is 23.5 Å². The molecule has 0 saturated carbocycles. The van der Waals surface area contributed by atoms with Crippen LogP contribution in [0.3, 0.4) is 0 Å². The Bertz CT molecular complexity index is 946. The zero-order chi connectivity index (χ0) is 15.7. The van der Waals surface area contributed by atoms with Crippen LogP contribution in [-0.4, -0.2) is 28.4 Å². The lowest BCUT2D eigenvalue weighted by Crippen LogP contribution is -2.11. The molecular weight excluding hydrogens is 304 g/mol. The highest BCUT2D eigenvalue weighted by molar-refractivity contribution is 7.89. The van der Waals surface area contributed by atoms with E-state index in [1.165, 1.54) is 18.5 Å². The second-order valence-electron chi connectivity index (χ2n) is 4.43. The summed E-state index contributed by atoms with van der Waals surface area (Å²) in [5.74, 6) is 0.331. The maximum absolute atomic E-state index is 11.2. The van der Waals surface area contributed by atoms with Gasteiger partial charge < -0.3 is 10.3 Å². The number of imidazole rings is 1. The number of benzene rings is 1. The highest BCUT2D eigenvalue weighted by atomic mass is 32.2. The molecule has 22 heavy (non-hydrogen) atoms. The summed E-state index contributed by atoms with van der Waals surface area (Å²) >= 11 is 0. The molecule has 0 radical (unpaired) electrons. The van der Waals surface area contributed by atoms with Crippen molar-refractivity contribution in [2.75, 3.05) is 5.32 Å². The van der Waals surface area contributed by atoms with E-state index in [1.807, 2.05) is 0 Å². The van der Waals surface area contributed by atoms with Crippen LogP contribution in [0.1, 0.15) is 5.69 Å². The second-order valence-corrected chi connectivity index (χ2v) is 5.99. The van der Waals surface area contributed by atoms with Crippen LogP contribution in [0.2, 0.25) is 0 Å². The van der Waals surface area contributed by atoms with Gasteiger partial charge in [-0.3, -0.25) is 0 Å². The number of rotatable bonds is 4. The highest BCUT2D eigenvalue weighted by Crippen LogP contribution is 2.19. The molecule has 3 aromatic rings. The molecule has 2 aromatic heterocycles. The van der Waals surface area contributed by atoms with E-state index < -0.39 is 10.0 Å². The van der Waals surface area contributed by atoms with Crippen molar-refractivity contribution in [3.05, 3.63) is 42.9 Å². The lowest BCUT2D eigenvalue weighted by atomic mass is 10.3. The Balaban J connectivity index is 1.94. The standard InChI is InChI=1S/C13H12N6O2S/c1-2-10-11-12(16-7-15-11)19-13(18-10)17-8-3-5-9(6-4-8)22(14,20)21/h2-7H,1H2,(H2,14,20,21)(H2,15,16,17,18,19). The molecule has 0 amide bonds. The molecular formula is C13H12N6O2S. The Morgan fingerprint density at radius 2 is 1.95 bits per heavy atom. The fourth-order valence-electron chi connectivity index (χ4n) is 1.92. The maximum Gasteiger partial charge on any atom is 0.238 e. The van der Waals surface area contributed by atoms with Crippen LogP contribution in [0.4, 0.5) is 11.6 Å². The van der Waals surface area contributed by atoms with Crippen LogP contribution in [-0.2, 0) is 10.0 Å². The average Bonchev–Trinajstić information content (AvgIpc) is 2.94. The third-order valence-corrected chi connectivity index (χ3v) is 3.88. The zero-order valence-electron chi connectivity index (χ0n) is 11.3. The largest absolute Gasteiger partial charge is 0.341 e. The predicted octanol–water partition coefficient (Wildman–Crippen LogP) is 1.39. The number of nitrogens with one attached hydrogen (secondary N) is 2. The topological polar surface area (TPSA) is 127 Å². The Kier molecular flexibility index (Phi) is 3.35. The van der Waals surface area contributed by atoms with Gasteiger partial charge in [0.15, 0.2) is 5.65 Å². The molecule has 0 aliphatic carbocycles. The summed E-state index contributed by atoms with van der Waals surface area (Å²) in [5, 5.41) is 8.03. The average molecular weight is 316 g/mol. The highest BCUT2D eigenvalue weighted by Gasteiger charge is 2.09. The molecule has 0 atom stereocenters. The normalized spacial score (nSPS) is 11.5. The summed E-state index contributed by atoms with van der Waals surface area (Å²) in [5.41, 5.74) is 2.45. The molecule has 0 fully saturated rings. The summed E-state index contributed by atoms with van der Waals surface area (Å²) in [7, 11) is -3.71. The first-order valence-electron chi connectivity index (χ1n) is 6.21. The van der Waals surface area contributed by atoms with Crippen LogP contribution in [0.5, 0.6) is 0 Å². The van der Waals surface area contributed by atoms with Gasteiger partial charge in [-0.2, -0.15) is 4.98 Å². The van der Waals surface area contributed by atoms with Gasteiger partial charge in [0.25, 0.3) is 0 Å². The van der Waals surface area contributed by atoms with Crippen LogP contribution < -0.4 is 10.5 Å². The number of hydrogen-bond donors (Lipinski definition) is 3. The number of H-pyrrole nitrogens is 1. The molecule has 0 bridgehead atoms. The van der Waals surface area contributed by atoms with Crippen molar-refractivity contribution in [1.82, 2.24) is 19.9 Å². The van der Waals surface area contributed by atoms with Crippen molar-refractivity contribution < 1.29 is 8.42 Å². The van der Waals surface area contributed by atoms with Gasteiger partial charge >= 0.3 is 0 Å². The van der Waals surface area contributed by atoms with Crippen molar-refractivity contribution in [3.8, 4) is 0 Å². The molecule has 9 heteroatoms. The third kappa shape index (κ3) is 2.67. The van der Waals surface area contributed by atoms with Gasteiger partial charge in [0.1, 0.15) is 5.52 Å². The Morgan fingerprint density at radius 1 is 1.23 bits per heavy atom. The van der Waals surface area contributed by atoms with E-state index in [-0.39, 0.29) is 4.90 Å². The molecule has 3 rings (SSSR count). The monoisotopic (exact) mass is 316 g/mol. The van der Waals surface area contributed by atoms with E-state index in [1.54, 1.807) is 18.2 Å². The number of sulfonamides is 1. The minimum Gasteiger partial charge on any atom is -0.341 e. The van der Waals surface area contributed by atoms with Gasteiger partial charge in [-0.15, -0.1) is 0 Å². The SMILES string of the molecule is C=Cc1nc(Nc2ccc(S(N)(=O)=O)cc2)nc2nc[nH]c12. The van der Waals surface area contributed by atoms with Gasteiger partial charge in [0.2, 0.25) is 16.0 Å². The number of aromatic amines is 1. The molecule has 0 aliphatic rings. The van der Waals surface area contributed by atoms with E-state index in [0.717, 1.165) is 0 Å². The predicted molar refractivity (Wildman–Crippen MR) is 82.9 cm³/mol. The molecule has 4 N–H and O–H groups in total. The lowest BCUT2D eigenvalue weighted by molar-refractivity contribution is 0.598. The molecule has 2 heterocycles. The van der Waals surface area contributed by atoms with Crippen molar-refractivity contribution in [2.24, 2.45) is 5.14 Å². The Labute approximate surface area is 126 Å². The molecule has 1 aromatic carbocycles. The quantitative estimate of drug-likeness (QED) is 0.667. The van der Waals surface area contributed by atoms with E-state index in [9.17, 15) is 8.42 Å². The molecule has 112 valence electrons. The summed E-state index contributed by atoms with van der Waals surface area (Å²) in [4.78, 5) is 15.6. The third-order valence-electron chi connectivity index (χ3n) is 2.95. The first-order valence-corrected chi connectivity index (χ1v) is 7.75. The molecule has 8 nitrogen and oxygen atoms in total. The number of nitrogens with two attached hydrogens (primary N) is 1. The fraction of sp³-hybridized carbons (Fsp3) is 0. The van der Waals surface area contributed by atoms with Crippen molar-refractivity contribution in [2.45, 2.75) is 4.90 Å². The number of nitrogens with zero attached hydrogens (tertiary/aromatic N) is 3. The van der Waals surface area contributed by atoms with Gasteiger partial charge in [-0.05, 0) is 30.3 Å². The van der Waals surface area contributed by atoms with E-state index >= 15 is 0 Å². The van der Waals surface area contributed by atoms with Crippen LogP contribution in [0.25, 0.3) is 17.2 Å². The van der Waals surface area contributed by atoms with Crippen molar-refractivity contribution in [1.29, 1.82) is 0 Å². The minimum absolute atomic E-state index is 0.0357. The Morgan fingerprint density at radius 3 is 2.59 bits per heavy atom. The summed E-state index contributed by atoms with van der Waals surface area (Å²) in [6, 6.07) is 5.95. The van der Waals surface area contributed by atoms with E-state index in [2.05, 4.69) is 31.8 Å². The molecule has 0 spiro atoms. The van der Waals surface area contributed by atoms with Gasteiger partial charge in [0.05, 0.1) is 16.9 Å². The minimum atomic E-state index is -3.71. The van der Waals surface area contributed by atoms with Gasteiger partial charge in [-0.1, -0.05) is 6.58 Å². The van der Waals surface area contributed by atoms with E-state index in [0.29, 0.717) is 28.5 Å². The van der Waals surface area contributed by atoms with Crippen LogP contribution in [0, 0.1) is 0 Å².